The molecular formula is C25H30N2O3S. The Morgan fingerprint density at radius 3 is 2.52 bits per heavy atom. The van der Waals surface area contributed by atoms with Crippen LogP contribution in [0.2, 0.25) is 0 Å². The first-order valence-corrected chi connectivity index (χ1v) is 11.8. The summed E-state index contributed by atoms with van der Waals surface area (Å²) in [6.45, 7) is 7.62. The van der Waals surface area contributed by atoms with Gasteiger partial charge in [-0.3, -0.25) is 14.6 Å². The fourth-order valence-electron chi connectivity index (χ4n) is 4.01. The highest BCUT2D eigenvalue weighted by atomic mass is 32.1. The number of hydrogen-bond acceptors (Lipinski definition) is 6. The van der Waals surface area contributed by atoms with E-state index in [1.54, 1.807) is 24.3 Å². The number of nitrogens with zero attached hydrogens (tertiary/aromatic N) is 2. The van der Waals surface area contributed by atoms with E-state index in [1.807, 2.05) is 18.3 Å². The molecule has 0 amide bonds. The van der Waals surface area contributed by atoms with Crippen molar-refractivity contribution in [2.75, 3.05) is 39.3 Å². The molecule has 0 bridgehead atoms. The topological polar surface area (TPSA) is 53.0 Å². The van der Waals surface area contributed by atoms with E-state index in [-0.39, 0.29) is 12.4 Å². The van der Waals surface area contributed by atoms with Crippen LogP contribution in [0.4, 0.5) is 0 Å². The third kappa shape index (κ3) is 5.71. The molecule has 1 aliphatic rings. The van der Waals surface area contributed by atoms with Crippen LogP contribution in [0, 0.1) is 0 Å². The number of ether oxygens (including phenoxy) is 1. The van der Waals surface area contributed by atoms with Gasteiger partial charge in [0, 0.05) is 56.0 Å². The van der Waals surface area contributed by atoms with Crippen LogP contribution in [0.25, 0.3) is 10.1 Å². The molecule has 0 unspecified atom stereocenters. The molecule has 1 saturated heterocycles. The number of β-amino-alcohol motifs (C(OH)–C–C–N with tert-alkyl or cyclic N) is 1. The Morgan fingerprint density at radius 1 is 1.06 bits per heavy atom. The van der Waals surface area contributed by atoms with Gasteiger partial charge in [-0.2, -0.15) is 0 Å². The second-order valence-electron chi connectivity index (χ2n) is 8.10. The molecule has 0 aliphatic carbocycles. The van der Waals surface area contributed by atoms with E-state index in [4.69, 9.17) is 4.74 Å². The number of aliphatic hydroxyl groups is 1. The van der Waals surface area contributed by atoms with Crippen LogP contribution in [0.15, 0.2) is 53.9 Å². The molecule has 1 fully saturated rings. The van der Waals surface area contributed by atoms with Crippen LogP contribution in [-0.2, 0) is 6.54 Å². The summed E-state index contributed by atoms with van der Waals surface area (Å²) in [6, 6.07) is 15.8. The van der Waals surface area contributed by atoms with E-state index >= 15 is 0 Å². The van der Waals surface area contributed by atoms with E-state index in [0.29, 0.717) is 24.3 Å². The molecule has 1 atom stereocenters. The van der Waals surface area contributed by atoms with Gasteiger partial charge in [0.2, 0.25) is 0 Å². The van der Waals surface area contributed by atoms with Gasteiger partial charge in [-0.05, 0) is 46.7 Å². The number of hydrogen-bond donors (Lipinski definition) is 1. The standard InChI is InChI=1S/C25H30N2O3S/c1-2-24(29)19-7-9-22(10-8-19)30-17-21(28)16-27-13-11-26(12-14-27)15-20-18-31-25-6-4-3-5-23(20)25/h3-10,18,21,28H,2,11-17H2,1H3/t21-/m0/s1. The van der Waals surface area contributed by atoms with Crippen molar-refractivity contribution in [2.45, 2.75) is 26.0 Å². The first-order valence-electron chi connectivity index (χ1n) is 11.0. The minimum absolute atomic E-state index is 0.123. The van der Waals surface area contributed by atoms with Crippen LogP contribution in [-0.4, -0.2) is 66.1 Å². The lowest BCUT2D eigenvalue weighted by molar-refractivity contribution is 0.0447. The molecule has 0 spiro atoms. The van der Waals surface area contributed by atoms with Crippen molar-refractivity contribution in [3.8, 4) is 5.75 Å². The summed E-state index contributed by atoms with van der Waals surface area (Å²) in [7, 11) is 0. The van der Waals surface area contributed by atoms with Crippen LogP contribution >= 0.6 is 11.3 Å². The Labute approximate surface area is 187 Å². The Hall–Kier alpha value is -2.25. The smallest absolute Gasteiger partial charge is 0.162 e. The highest BCUT2D eigenvalue weighted by molar-refractivity contribution is 7.17. The Morgan fingerprint density at radius 2 is 1.77 bits per heavy atom. The maximum atomic E-state index is 11.7. The number of Topliss-reactive ketones (excluding diaryl/α,β-unsaturated/α-hetero) is 1. The number of piperazine rings is 1. The lowest BCUT2D eigenvalue weighted by Gasteiger charge is -2.35. The minimum Gasteiger partial charge on any atom is -0.491 e. The molecule has 31 heavy (non-hydrogen) atoms. The summed E-state index contributed by atoms with van der Waals surface area (Å²) in [6.07, 6.45) is -0.0416. The fourth-order valence-corrected chi connectivity index (χ4v) is 4.96. The van der Waals surface area contributed by atoms with Gasteiger partial charge in [-0.15, -0.1) is 11.3 Å². The largest absolute Gasteiger partial charge is 0.491 e. The molecule has 4 rings (SSSR count). The summed E-state index contributed by atoms with van der Waals surface area (Å²) in [5.41, 5.74) is 2.11. The van der Waals surface area contributed by atoms with E-state index in [9.17, 15) is 9.90 Å². The van der Waals surface area contributed by atoms with Crippen molar-refractivity contribution >= 4 is 27.2 Å². The number of benzene rings is 2. The molecule has 6 heteroatoms. The van der Waals surface area contributed by atoms with Gasteiger partial charge >= 0.3 is 0 Å². The lowest BCUT2D eigenvalue weighted by atomic mass is 10.1. The molecule has 1 aromatic heterocycles. The van der Waals surface area contributed by atoms with Crippen LogP contribution in [0.3, 0.4) is 0 Å². The SMILES string of the molecule is CCC(=O)c1ccc(OC[C@@H](O)CN2CCN(Cc3csc4ccccc34)CC2)cc1. The van der Waals surface area contributed by atoms with Gasteiger partial charge in [0.1, 0.15) is 18.5 Å². The number of fused-ring (bicyclic) bond motifs is 1. The summed E-state index contributed by atoms with van der Waals surface area (Å²) >= 11 is 1.82. The average Bonchev–Trinajstić information content (AvgIpc) is 3.21. The van der Waals surface area contributed by atoms with E-state index in [0.717, 1.165) is 32.7 Å². The molecule has 3 aromatic rings. The predicted octanol–water partition coefficient (Wildman–Crippen LogP) is 4.05. The van der Waals surface area contributed by atoms with Crippen LogP contribution < -0.4 is 4.74 Å². The fraction of sp³-hybridized carbons (Fsp3) is 0.400. The summed E-state index contributed by atoms with van der Waals surface area (Å²) in [4.78, 5) is 16.5. The number of rotatable bonds is 9. The molecule has 1 N–H and O–H groups in total. The second-order valence-corrected chi connectivity index (χ2v) is 9.01. The molecule has 0 radical (unpaired) electrons. The Bertz CT molecular complexity index is 993. The first-order chi connectivity index (χ1) is 15.1. The number of thiophene rings is 1. The maximum Gasteiger partial charge on any atom is 0.162 e. The van der Waals surface area contributed by atoms with Crippen molar-refractivity contribution in [3.05, 3.63) is 65.0 Å². The highest BCUT2D eigenvalue weighted by Gasteiger charge is 2.20. The Balaban J connectivity index is 1.19. The zero-order valence-electron chi connectivity index (χ0n) is 18.0. The zero-order valence-corrected chi connectivity index (χ0v) is 18.8. The van der Waals surface area contributed by atoms with Crippen molar-refractivity contribution < 1.29 is 14.6 Å². The first kappa shape index (κ1) is 22.0. The van der Waals surface area contributed by atoms with Gasteiger partial charge in [-0.1, -0.05) is 25.1 Å². The molecule has 0 saturated carbocycles. The summed E-state index contributed by atoms with van der Waals surface area (Å²) < 4.78 is 7.07. The van der Waals surface area contributed by atoms with Crippen molar-refractivity contribution in [1.82, 2.24) is 9.80 Å². The number of ketones is 1. The van der Waals surface area contributed by atoms with Gasteiger partial charge in [0.25, 0.3) is 0 Å². The third-order valence-corrected chi connectivity index (χ3v) is 6.84. The van der Waals surface area contributed by atoms with E-state index < -0.39 is 6.10 Å². The number of carbonyl (C=O) groups is 1. The highest BCUT2D eigenvalue weighted by Crippen LogP contribution is 2.27. The molecule has 2 heterocycles. The van der Waals surface area contributed by atoms with Gasteiger partial charge in [-0.25, -0.2) is 0 Å². The normalized spacial score (nSPS) is 16.5. The number of carbonyl (C=O) groups excluding carboxylic acids is 1. The lowest BCUT2D eigenvalue weighted by Crippen LogP contribution is -2.48. The van der Waals surface area contributed by atoms with E-state index in [2.05, 4.69) is 39.4 Å². The van der Waals surface area contributed by atoms with E-state index in [1.165, 1.54) is 15.6 Å². The monoisotopic (exact) mass is 438 g/mol. The minimum atomic E-state index is -0.538. The average molecular weight is 439 g/mol. The molecule has 1 aliphatic heterocycles. The van der Waals surface area contributed by atoms with Gasteiger partial charge in [0.05, 0.1) is 0 Å². The summed E-state index contributed by atoms with van der Waals surface area (Å²) in [5.74, 6) is 0.803. The van der Waals surface area contributed by atoms with Gasteiger partial charge < -0.3 is 9.84 Å². The molecular weight excluding hydrogens is 408 g/mol. The molecule has 2 aromatic carbocycles. The zero-order chi connectivity index (χ0) is 21.6. The third-order valence-electron chi connectivity index (χ3n) is 5.83. The molecule has 164 valence electrons. The predicted molar refractivity (Wildman–Crippen MR) is 126 cm³/mol. The quantitative estimate of drug-likeness (QED) is 0.511. The van der Waals surface area contributed by atoms with Gasteiger partial charge in [0.15, 0.2) is 5.78 Å². The Kier molecular flexibility index (Phi) is 7.35. The number of aliphatic hydroxyl groups excluding tert-OH is 1. The van der Waals surface area contributed by atoms with Crippen LogP contribution in [0.5, 0.6) is 5.75 Å². The van der Waals surface area contributed by atoms with Crippen LogP contribution in [0.1, 0.15) is 29.3 Å². The molecule has 5 nitrogen and oxygen atoms in total. The van der Waals surface area contributed by atoms with Crippen molar-refractivity contribution in [3.63, 3.8) is 0 Å². The van der Waals surface area contributed by atoms with Crippen molar-refractivity contribution in [1.29, 1.82) is 0 Å². The second kappa shape index (κ2) is 10.4. The summed E-state index contributed by atoms with van der Waals surface area (Å²) in [5, 5.41) is 14.1. The van der Waals surface area contributed by atoms with Crippen molar-refractivity contribution in [2.24, 2.45) is 0 Å². The maximum absolute atomic E-state index is 11.7.